The van der Waals surface area contributed by atoms with E-state index >= 15 is 0 Å². The summed E-state index contributed by atoms with van der Waals surface area (Å²) in [6, 6.07) is 17.5. The summed E-state index contributed by atoms with van der Waals surface area (Å²) in [5, 5.41) is 12.4. The van der Waals surface area contributed by atoms with E-state index in [1.165, 1.54) is 0 Å². The molecular formula is C25H19F3N2O5. The maximum Gasteiger partial charge on any atom is 0.407 e. The molecule has 10 heteroatoms. The predicted octanol–water partition coefficient (Wildman–Crippen LogP) is 4.64. The van der Waals surface area contributed by atoms with Gasteiger partial charge in [-0.25, -0.2) is 14.0 Å². The molecule has 3 aromatic carbocycles. The van der Waals surface area contributed by atoms with Crippen LogP contribution in [0.2, 0.25) is 0 Å². The van der Waals surface area contributed by atoms with Crippen LogP contribution in [0.3, 0.4) is 0 Å². The Bertz CT molecular complexity index is 1270. The maximum atomic E-state index is 14.3. The molecule has 4 rings (SSSR count). The lowest BCUT2D eigenvalue weighted by atomic mass is 9.98. The van der Waals surface area contributed by atoms with Gasteiger partial charge >= 0.3 is 18.0 Å². The van der Waals surface area contributed by atoms with Crippen molar-refractivity contribution in [3.05, 3.63) is 89.2 Å². The number of carboxylic acids is 1. The Morgan fingerprint density at radius 2 is 1.54 bits per heavy atom. The zero-order valence-electron chi connectivity index (χ0n) is 18.1. The Kier molecular flexibility index (Phi) is 6.46. The van der Waals surface area contributed by atoms with Crippen molar-refractivity contribution in [3.8, 4) is 11.1 Å². The van der Waals surface area contributed by atoms with Gasteiger partial charge in [0, 0.05) is 5.92 Å². The zero-order valence-corrected chi connectivity index (χ0v) is 18.1. The van der Waals surface area contributed by atoms with Crippen LogP contribution >= 0.6 is 0 Å². The Morgan fingerprint density at radius 3 is 2.14 bits per heavy atom. The summed E-state index contributed by atoms with van der Waals surface area (Å²) in [6.45, 7) is -1.51. The SMILES string of the molecule is O=C(NCC(F)(F)C(=O)Nc1cc(C(=O)O)ccc1F)OCC1c2ccccc2-c2ccccc21. The van der Waals surface area contributed by atoms with Gasteiger partial charge in [-0.3, -0.25) is 4.79 Å². The van der Waals surface area contributed by atoms with E-state index in [1.807, 2.05) is 53.8 Å². The lowest BCUT2D eigenvalue weighted by molar-refractivity contribution is -0.138. The van der Waals surface area contributed by atoms with Gasteiger partial charge in [0.15, 0.2) is 0 Å². The first-order valence-corrected chi connectivity index (χ1v) is 10.5. The normalized spacial score (nSPS) is 12.4. The third-order valence-electron chi connectivity index (χ3n) is 5.59. The predicted molar refractivity (Wildman–Crippen MR) is 120 cm³/mol. The topological polar surface area (TPSA) is 105 Å². The second-order valence-corrected chi connectivity index (χ2v) is 7.84. The summed E-state index contributed by atoms with van der Waals surface area (Å²) < 4.78 is 47.5. The first kappa shape index (κ1) is 23.8. The second-order valence-electron chi connectivity index (χ2n) is 7.84. The minimum atomic E-state index is -4.13. The van der Waals surface area contributed by atoms with Crippen molar-refractivity contribution >= 4 is 23.7 Å². The molecule has 0 saturated carbocycles. The highest BCUT2D eigenvalue weighted by Crippen LogP contribution is 2.44. The van der Waals surface area contributed by atoms with Crippen LogP contribution in [-0.2, 0) is 9.53 Å². The van der Waals surface area contributed by atoms with Crippen LogP contribution < -0.4 is 10.6 Å². The van der Waals surface area contributed by atoms with Crippen LogP contribution in [0.1, 0.15) is 27.4 Å². The van der Waals surface area contributed by atoms with E-state index in [4.69, 9.17) is 9.84 Å². The van der Waals surface area contributed by atoms with Crippen LogP contribution in [-0.4, -0.2) is 42.2 Å². The number of benzene rings is 3. The minimum absolute atomic E-state index is 0.106. The van der Waals surface area contributed by atoms with Crippen molar-refractivity contribution in [1.82, 2.24) is 5.32 Å². The second kappa shape index (κ2) is 9.49. The molecule has 0 aliphatic heterocycles. The first-order valence-electron chi connectivity index (χ1n) is 10.5. The Balaban J connectivity index is 1.35. The summed E-state index contributed by atoms with van der Waals surface area (Å²) in [5.74, 6) is -8.84. The number of alkyl carbamates (subject to hydrolysis) is 1. The molecule has 0 unspecified atom stereocenters. The number of carbonyl (C=O) groups is 3. The number of rotatable bonds is 7. The van der Waals surface area contributed by atoms with Crippen LogP contribution in [0.5, 0.6) is 0 Å². The van der Waals surface area contributed by atoms with Crippen molar-refractivity contribution in [2.75, 3.05) is 18.5 Å². The number of carboxylic acid groups (broad SMARTS) is 1. The molecule has 0 bridgehead atoms. The molecule has 0 saturated heterocycles. The largest absolute Gasteiger partial charge is 0.478 e. The molecule has 3 aromatic rings. The Morgan fingerprint density at radius 1 is 0.943 bits per heavy atom. The quantitative estimate of drug-likeness (QED) is 0.453. The van der Waals surface area contributed by atoms with Gasteiger partial charge in [-0.2, -0.15) is 8.78 Å². The van der Waals surface area contributed by atoms with E-state index in [2.05, 4.69) is 0 Å². The number of halogens is 3. The highest BCUT2D eigenvalue weighted by atomic mass is 19.3. The minimum Gasteiger partial charge on any atom is -0.478 e. The number of ether oxygens (including phenoxy) is 1. The summed E-state index contributed by atoms with van der Waals surface area (Å²) in [6.07, 6.45) is -1.15. The highest BCUT2D eigenvalue weighted by molar-refractivity contribution is 5.98. The van der Waals surface area contributed by atoms with Crippen LogP contribution in [0, 0.1) is 5.82 Å². The van der Waals surface area contributed by atoms with Gasteiger partial charge in [0.05, 0.1) is 17.8 Å². The average molecular weight is 484 g/mol. The number of alkyl halides is 2. The van der Waals surface area contributed by atoms with E-state index in [9.17, 15) is 27.6 Å². The van der Waals surface area contributed by atoms with Gasteiger partial charge in [0.1, 0.15) is 12.4 Å². The molecule has 1 aliphatic carbocycles. The highest BCUT2D eigenvalue weighted by Gasteiger charge is 2.40. The average Bonchev–Trinajstić information content (AvgIpc) is 3.16. The van der Waals surface area contributed by atoms with E-state index in [0.29, 0.717) is 6.07 Å². The molecule has 1 aliphatic rings. The lowest BCUT2D eigenvalue weighted by Gasteiger charge is -2.18. The molecule has 0 fully saturated rings. The molecule has 7 nitrogen and oxygen atoms in total. The number of hydrogen-bond acceptors (Lipinski definition) is 4. The van der Waals surface area contributed by atoms with Crippen molar-refractivity contribution in [2.45, 2.75) is 11.8 Å². The summed E-state index contributed by atoms with van der Waals surface area (Å²) in [4.78, 5) is 35.0. The number of carbonyl (C=O) groups excluding carboxylic acids is 2. The lowest BCUT2D eigenvalue weighted by Crippen LogP contribution is -2.45. The molecule has 0 radical (unpaired) electrons. The maximum absolute atomic E-state index is 14.3. The van der Waals surface area contributed by atoms with Crippen molar-refractivity contribution in [2.24, 2.45) is 0 Å². The number of anilines is 1. The van der Waals surface area contributed by atoms with E-state index < -0.39 is 47.5 Å². The summed E-state index contributed by atoms with van der Waals surface area (Å²) >= 11 is 0. The third-order valence-corrected chi connectivity index (χ3v) is 5.59. The third kappa shape index (κ3) is 4.96. The summed E-state index contributed by atoms with van der Waals surface area (Å²) in [7, 11) is 0. The first-order chi connectivity index (χ1) is 16.7. The standard InChI is InChI=1S/C25H19F3N2O5/c26-20-10-9-14(22(31)32)11-21(20)30-23(33)25(27,28)13-29-24(34)35-12-19-17-7-3-1-5-15(17)16-6-2-4-8-18(16)19/h1-11,19H,12-13H2,(H,29,34)(H,30,33)(H,31,32). The molecular weight excluding hydrogens is 465 g/mol. The van der Waals surface area contributed by atoms with Gasteiger partial charge in [-0.1, -0.05) is 48.5 Å². The molecule has 35 heavy (non-hydrogen) atoms. The van der Waals surface area contributed by atoms with E-state index in [0.717, 1.165) is 34.4 Å². The molecule has 0 aromatic heterocycles. The Hall–Kier alpha value is -4.34. The number of hydrogen-bond donors (Lipinski definition) is 3. The molecule has 0 heterocycles. The van der Waals surface area contributed by atoms with Crippen LogP contribution in [0.4, 0.5) is 23.7 Å². The number of amides is 2. The van der Waals surface area contributed by atoms with Gasteiger partial charge < -0.3 is 20.5 Å². The Labute approximate surface area is 197 Å². The van der Waals surface area contributed by atoms with Crippen LogP contribution in [0.25, 0.3) is 11.1 Å². The van der Waals surface area contributed by atoms with Gasteiger partial charge in [-0.15, -0.1) is 0 Å². The monoisotopic (exact) mass is 484 g/mol. The van der Waals surface area contributed by atoms with Crippen molar-refractivity contribution < 1.29 is 37.4 Å². The number of nitrogens with one attached hydrogen (secondary N) is 2. The van der Waals surface area contributed by atoms with Gasteiger partial charge in [-0.05, 0) is 40.5 Å². The molecule has 2 amide bonds. The molecule has 180 valence electrons. The smallest absolute Gasteiger partial charge is 0.407 e. The molecule has 0 spiro atoms. The van der Waals surface area contributed by atoms with E-state index in [-0.39, 0.29) is 12.5 Å². The fourth-order valence-corrected chi connectivity index (χ4v) is 3.88. The van der Waals surface area contributed by atoms with Gasteiger partial charge in [0.2, 0.25) is 0 Å². The summed E-state index contributed by atoms with van der Waals surface area (Å²) in [5.41, 5.74) is 2.75. The number of aromatic carboxylic acids is 1. The number of fused-ring (bicyclic) bond motifs is 3. The fraction of sp³-hybridized carbons (Fsp3) is 0.160. The fourth-order valence-electron chi connectivity index (χ4n) is 3.88. The van der Waals surface area contributed by atoms with Crippen LogP contribution in [0.15, 0.2) is 66.7 Å². The van der Waals surface area contributed by atoms with Crippen molar-refractivity contribution in [1.29, 1.82) is 0 Å². The zero-order chi connectivity index (χ0) is 25.2. The van der Waals surface area contributed by atoms with Gasteiger partial charge in [0.25, 0.3) is 5.91 Å². The molecule has 3 N–H and O–H groups in total. The van der Waals surface area contributed by atoms with E-state index in [1.54, 1.807) is 5.32 Å². The molecule has 0 atom stereocenters. The van der Waals surface area contributed by atoms with Crippen molar-refractivity contribution in [3.63, 3.8) is 0 Å².